The molecule has 22 heavy (non-hydrogen) atoms. The van der Waals surface area contributed by atoms with Crippen LogP contribution in [0.4, 0.5) is 16.0 Å². The van der Waals surface area contributed by atoms with Crippen molar-refractivity contribution in [2.75, 3.05) is 12.4 Å². The van der Waals surface area contributed by atoms with Crippen LogP contribution in [0.5, 0.6) is 5.75 Å². The highest BCUT2D eigenvalue weighted by Crippen LogP contribution is 2.26. The summed E-state index contributed by atoms with van der Waals surface area (Å²) in [7, 11) is 1.52. The molecule has 0 aliphatic carbocycles. The quantitative estimate of drug-likeness (QED) is 0.798. The fourth-order valence-electron chi connectivity index (χ4n) is 1.80. The predicted octanol–water partition coefficient (Wildman–Crippen LogP) is 2.82. The molecule has 3 heterocycles. The smallest absolute Gasteiger partial charge is 0.180 e. The first-order chi connectivity index (χ1) is 10.8. The lowest BCUT2D eigenvalue weighted by Crippen LogP contribution is -2.02. The molecule has 0 saturated heterocycles. The van der Waals surface area contributed by atoms with Crippen LogP contribution in [0.2, 0.25) is 0 Å². The van der Waals surface area contributed by atoms with Crippen LogP contribution in [-0.2, 0) is 0 Å². The van der Waals surface area contributed by atoms with Crippen molar-refractivity contribution in [1.29, 1.82) is 0 Å². The first-order valence-corrected chi connectivity index (χ1v) is 6.47. The average molecular weight is 297 g/mol. The van der Waals surface area contributed by atoms with Crippen LogP contribution >= 0.6 is 0 Å². The first-order valence-electron chi connectivity index (χ1n) is 6.47. The standard InChI is InChI=1S/C15H12FN5O/c1-22-12-9-19-14(11-4-2-3-7-17-11)21-15(12)20-13-6-5-10(16)8-18-13/h2-9H,1H3,(H,18,19,20,21). The number of rotatable bonds is 4. The van der Waals surface area contributed by atoms with E-state index >= 15 is 0 Å². The van der Waals surface area contributed by atoms with E-state index in [1.807, 2.05) is 18.2 Å². The molecule has 0 spiro atoms. The molecular weight excluding hydrogens is 285 g/mol. The molecule has 7 heteroatoms. The van der Waals surface area contributed by atoms with Gasteiger partial charge in [-0.3, -0.25) is 4.98 Å². The van der Waals surface area contributed by atoms with E-state index in [9.17, 15) is 4.39 Å². The monoisotopic (exact) mass is 297 g/mol. The number of halogens is 1. The van der Waals surface area contributed by atoms with Crippen LogP contribution in [0.1, 0.15) is 0 Å². The zero-order valence-corrected chi connectivity index (χ0v) is 11.7. The van der Waals surface area contributed by atoms with Gasteiger partial charge in [0.25, 0.3) is 0 Å². The van der Waals surface area contributed by atoms with Gasteiger partial charge in [0.2, 0.25) is 0 Å². The molecule has 3 rings (SSSR count). The summed E-state index contributed by atoms with van der Waals surface area (Å²) < 4.78 is 18.1. The van der Waals surface area contributed by atoms with Crippen molar-refractivity contribution in [3.8, 4) is 17.3 Å². The van der Waals surface area contributed by atoms with Crippen LogP contribution < -0.4 is 10.1 Å². The molecule has 0 atom stereocenters. The maximum absolute atomic E-state index is 12.9. The Morgan fingerprint density at radius 3 is 2.64 bits per heavy atom. The van der Waals surface area contributed by atoms with Gasteiger partial charge in [-0.05, 0) is 24.3 Å². The Morgan fingerprint density at radius 2 is 1.95 bits per heavy atom. The van der Waals surface area contributed by atoms with E-state index in [1.54, 1.807) is 12.4 Å². The summed E-state index contributed by atoms with van der Waals surface area (Å²) in [5, 5.41) is 2.98. The molecule has 0 bridgehead atoms. The highest BCUT2D eigenvalue weighted by molar-refractivity contribution is 5.62. The molecule has 0 fully saturated rings. The van der Waals surface area contributed by atoms with Crippen LogP contribution in [0.15, 0.2) is 48.9 Å². The molecule has 0 aliphatic rings. The summed E-state index contributed by atoms with van der Waals surface area (Å²) in [4.78, 5) is 16.7. The Kier molecular flexibility index (Phi) is 3.86. The molecule has 1 N–H and O–H groups in total. The minimum atomic E-state index is -0.408. The van der Waals surface area contributed by atoms with Gasteiger partial charge in [-0.15, -0.1) is 0 Å². The topological polar surface area (TPSA) is 72.8 Å². The van der Waals surface area contributed by atoms with Crippen molar-refractivity contribution >= 4 is 11.6 Å². The Balaban J connectivity index is 1.96. The Labute approximate surface area is 126 Å². The van der Waals surface area contributed by atoms with E-state index in [0.717, 1.165) is 6.20 Å². The second kappa shape index (κ2) is 6.13. The number of aromatic nitrogens is 4. The van der Waals surface area contributed by atoms with Gasteiger partial charge < -0.3 is 10.1 Å². The third-order valence-electron chi connectivity index (χ3n) is 2.84. The van der Waals surface area contributed by atoms with Crippen molar-refractivity contribution in [3.05, 3.63) is 54.7 Å². The molecular formula is C15H12FN5O. The fourth-order valence-corrected chi connectivity index (χ4v) is 1.80. The Hall–Kier alpha value is -3.09. The summed E-state index contributed by atoms with van der Waals surface area (Å²) >= 11 is 0. The number of anilines is 2. The maximum atomic E-state index is 12.9. The number of nitrogens with zero attached hydrogens (tertiary/aromatic N) is 4. The van der Waals surface area contributed by atoms with Gasteiger partial charge in [-0.25, -0.2) is 19.3 Å². The lowest BCUT2D eigenvalue weighted by molar-refractivity contribution is 0.413. The van der Waals surface area contributed by atoms with Gasteiger partial charge >= 0.3 is 0 Å². The van der Waals surface area contributed by atoms with Gasteiger partial charge in [-0.2, -0.15) is 0 Å². The molecule has 0 aromatic carbocycles. The molecule has 3 aromatic heterocycles. The van der Waals surface area contributed by atoms with E-state index in [4.69, 9.17) is 4.74 Å². The van der Waals surface area contributed by atoms with E-state index in [-0.39, 0.29) is 0 Å². The van der Waals surface area contributed by atoms with Gasteiger partial charge in [0, 0.05) is 6.20 Å². The van der Waals surface area contributed by atoms with Crippen molar-refractivity contribution in [3.63, 3.8) is 0 Å². The van der Waals surface area contributed by atoms with E-state index in [1.165, 1.54) is 19.2 Å². The van der Waals surface area contributed by atoms with E-state index in [0.29, 0.717) is 28.9 Å². The summed E-state index contributed by atoms with van der Waals surface area (Å²) in [5.41, 5.74) is 0.639. The number of nitrogens with one attached hydrogen (secondary N) is 1. The maximum Gasteiger partial charge on any atom is 0.180 e. The summed E-state index contributed by atoms with van der Waals surface area (Å²) in [6.07, 6.45) is 4.33. The molecule has 6 nitrogen and oxygen atoms in total. The lowest BCUT2D eigenvalue weighted by Gasteiger charge is -2.10. The molecule has 3 aromatic rings. The minimum absolute atomic E-state index is 0.408. The minimum Gasteiger partial charge on any atom is -0.491 e. The normalized spacial score (nSPS) is 10.3. The van der Waals surface area contributed by atoms with Crippen LogP contribution in [-0.4, -0.2) is 27.0 Å². The number of hydrogen-bond acceptors (Lipinski definition) is 6. The van der Waals surface area contributed by atoms with E-state index in [2.05, 4.69) is 25.3 Å². The number of hydrogen-bond donors (Lipinski definition) is 1. The Morgan fingerprint density at radius 1 is 1.05 bits per heavy atom. The molecule has 0 amide bonds. The predicted molar refractivity (Wildman–Crippen MR) is 79.3 cm³/mol. The number of methoxy groups -OCH3 is 1. The highest BCUT2D eigenvalue weighted by atomic mass is 19.1. The number of ether oxygens (including phenoxy) is 1. The zero-order chi connectivity index (χ0) is 15.4. The largest absolute Gasteiger partial charge is 0.491 e. The second-order valence-electron chi connectivity index (χ2n) is 4.31. The molecule has 0 radical (unpaired) electrons. The highest BCUT2D eigenvalue weighted by Gasteiger charge is 2.10. The zero-order valence-electron chi connectivity index (χ0n) is 11.7. The van der Waals surface area contributed by atoms with Crippen molar-refractivity contribution in [1.82, 2.24) is 19.9 Å². The summed E-state index contributed by atoms with van der Waals surface area (Å²) in [6.45, 7) is 0. The van der Waals surface area contributed by atoms with Crippen LogP contribution in [0, 0.1) is 5.82 Å². The van der Waals surface area contributed by atoms with Gasteiger partial charge in [0.1, 0.15) is 17.3 Å². The summed E-state index contributed by atoms with van der Waals surface area (Å²) in [6, 6.07) is 8.29. The summed E-state index contributed by atoms with van der Waals surface area (Å²) in [5.74, 6) is 1.37. The third kappa shape index (κ3) is 2.98. The van der Waals surface area contributed by atoms with Gasteiger partial charge in [0.15, 0.2) is 17.4 Å². The van der Waals surface area contributed by atoms with Crippen LogP contribution in [0.3, 0.4) is 0 Å². The Bertz CT molecular complexity index is 765. The lowest BCUT2D eigenvalue weighted by atomic mass is 10.3. The average Bonchev–Trinajstić information content (AvgIpc) is 2.58. The molecule has 110 valence electrons. The fraction of sp³-hybridized carbons (Fsp3) is 0.0667. The van der Waals surface area contributed by atoms with Crippen molar-refractivity contribution < 1.29 is 9.13 Å². The third-order valence-corrected chi connectivity index (χ3v) is 2.84. The molecule has 0 unspecified atom stereocenters. The van der Waals surface area contributed by atoms with Crippen LogP contribution in [0.25, 0.3) is 11.5 Å². The van der Waals surface area contributed by atoms with Crippen molar-refractivity contribution in [2.45, 2.75) is 0 Å². The van der Waals surface area contributed by atoms with Gasteiger partial charge in [0.05, 0.1) is 19.5 Å². The molecule has 0 saturated carbocycles. The van der Waals surface area contributed by atoms with Crippen molar-refractivity contribution in [2.24, 2.45) is 0 Å². The second-order valence-corrected chi connectivity index (χ2v) is 4.31. The first kappa shape index (κ1) is 13.9. The van der Waals surface area contributed by atoms with Gasteiger partial charge in [-0.1, -0.05) is 6.07 Å². The number of pyridine rings is 2. The van der Waals surface area contributed by atoms with E-state index < -0.39 is 5.82 Å². The molecule has 0 aliphatic heterocycles. The SMILES string of the molecule is COc1cnc(-c2ccccn2)nc1Nc1ccc(F)cn1.